The predicted octanol–water partition coefficient (Wildman–Crippen LogP) is 2.43. The van der Waals surface area contributed by atoms with Crippen LogP contribution in [0, 0.1) is 6.92 Å². The fourth-order valence-corrected chi connectivity index (χ4v) is 5.25. The number of primary amides is 2. The molecule has 0 aliphatic carbocycles. The van der Waals surface area contributed by atoms with E-state index >= 15 is 0 Å². The van der Waals surface area contributed by atoms with Crippen molar-refractivity contribution in [3.05, 3.63) is 76.5 Å². The highest BCUT2D eigenvalue weighted by Crippen LogP contribution is 2.28. The third-order valence-corrected chi connectivity index (χ3v) is 7.47. The van der Waals surface area contributed by atoms with Crippen LogP contribution in [-0.4, -0.2) is 70.0 Å². The van der Waals surface area contributed by atoms with Crippen molar-refractivity contribution in [1.82, 2.24) is 19.4 Å². The Balaban J connectivity index is 1.47. The van der Waals surface area contributed by atoms with Crippen LogP contribution in [-0.2, 0) is 24.2 Å². The summed E-state index contributed by atoms with van der Waals surface area (Å²) in [6, 6.07) is 8.24. The summed E-state index contributed by atoms with van der Waals surface area (Å²) in [6.45, 7) is 7.58. The van der Waals surface area contributed by atoms with Gasteiger partial charge in [0.05, 0.1) is 41.3 Å². The number of hydrogen-bond acceptors (Lipinski definition) is 10. The molecule has 0 unspecified atom stereocenters. The lowest BCUT2D eigenvalue weighted by Crippen LogP contribution is -2.35. The molecule has 1 fully saturated rings. The zero-order valence-corrected chi connectivity index (χ0v) is 25.3. The number of aromatic nitrogens is 3. The Bertz CT molecular complexity index is 1770. The van der Waals surface area contributed by atoms with Crippen molar-refractivity contribution in [1.29, 1.82) is 0 Å². The summed E-state index contributed by atoms with van der Waals surface area (Å²) >= 11 is 0. The molecule has 3 amide bonds. The van der Waals surface area contributed by atoms with Crippen LogP contribution in [0.25, 0.3) is 11.0 Å². The van der Waals surface area contributed by atoms with Gasteiger partial charge >= 0.3 is 0 Å². The van der Waals surface area contributed by atoms with Gasteiger partial charge in [0, 0.05) is 50.8 Å². The second-order valence-corrected chi connectivity index (χ2v) is 10.6. The van der Waals surface area contributed by atoms with Crippen LogP contribution in [0.2, 0.25) is 0 Å². The van der Waals surface area contributed by atoms with E-state index in [-0.39, 0.29) is 11.7 Å². The number of aryl methyl sites for hydroxylation is 2. The molecule has 14 nitrogen and oxygen atoms in total. The number of benzene rings is 2. The molecule has 14 heteroatoms. The Hall–Kier alpha value is -5.21. The van der Waals surface area contributed by atoms with Crippen LogP contribution in [0.15, 0.2) is 46.9 Å². The van der Waals surface area contributed by atoms with Crippen molar-refractivity contribution in [2.75, 3.05) is 49.2 Å². The largest absolute Gasteiger partial charge is 0.436 e. The lowest BCUT2D eigenvalue weighted by molar-refractivity contribution is 0.0343. The topological polar surface area (TPSA) is 210 Å². The summed E-state index contributed by atoms with van der Waals surface area (Å²) in [4.78, 5) is 48.4. The Morgan fingerprint density at radius 2 is 1.78 bits per heavy atom. The number of imidazole rings is 1. The molecule has 0 bridgehead atoms. The molecule has 0 atom stereocenters. The average molecular weight is 616 g/mol. The van der Waals surface area contributed by atoms with E-state index < -0.39 is 17.7 Å². The minimum Gasteiger partial charge on any atom is -0.436 e. The molecule has 1 aliphatic rings. The van der Waals surface area contributed by atoms with Gasteiger partial charge in [0.15, 0.2) is 5.89 Å². The monoisotopic (exact) mass is 615 g/mol. The molecule has 0 saturated carbocycles. The van der Waals surface area contributed by atoms with Crippen molar-refractivity contribution in [3.8, 4) is 0 Å². The number of nitrogen functional groups attached to an aromatic ring is 1. The van der Waals surface area contributed by atoms with Gasteiger partial charge in [0.1, 0.15) is 0 Å². The zero-order chi connectivity index (χ0) is 32.1. The number of amides is 3. The van der Waals surface area contributed by atoms with E-state index in [2.05, 4.69) is 20.5 Å². The molecule has 0 spiro atoms. The van der Waals surface area contributed by atoms with Gasteiger partial charge in [-0.05, 0) is 42.3 Å². The highest BCUT2D eigenvalue weighted by Gasteiger charge is 2.23. The van der Waals surface area contributed by atoms with E-state index in [1.165, 1.54) is 6.07 Å². The second-order valence-electron chi connectivity index (χ2n) is 10.6. The SMILES string of the molecule is CCc1nc(C)oc1C(=O)Nc1nc2cc(C(N)=O)cc(CN3CCOCC3)c2n1C/C=C/CNc1ccc(C(N)=O)cc1N. The van der Waals surface area contributed by atoms with E-state index in [1.807, 2.05) is 23.6 Å². The first-order chi connectivity index (χ1) is 21.6. The standard InChI is InChI=1S/C31H37N9O5/c1-3-23-27(45-18(2)36-23)30(43)38-31-37-25-16-20(29(34)42)14-21(17-39-10-12-44-13-11-39)26(25)40(31)9-5-4-8-35-24-7-6-19(28(33)41)15-22(24)32/h4-7,14-16,35H,3,8-13,17,32H2,1-2H3,(H2,33,41)(H2,34,42)(H,37,38,43)/b5-4+. The summed E-state index contributed by atoms with van der Waals surface area (Å²) in [7, 11) is 0. The molecule has 1 aliphatic heterocycles. The van der Waals surface area contributed by atoms with Crippen LogP contribution in [0.3, 0.4) is 0 Å². The molecule has 2 aromatic heterocycles. The summed E-state index contributed by atoms with van der Waals surface area (Å²) in [5.74, 6) is -0.804. The van der Waals surface area contributed by atoms with Gasteiger partial charge in [-0.3, -0.25) is 24.6 Å². The summed E-state index contributed by atoms with van der Waals surface area (Å²) in [5, 5.41) is 6.12. The molecule has 5 rings (SSSR count). The molecule has 3 heterocycles. The molecule has 45 heavy (non-hydrogen) atoms. The number of carbonyl (C=O) groups excluding carboxylic acids is 3. The summed E-state index contributed by atoms with van der Waals surface area (Å²) in [5.41, 5.74) is 21.5. The Morgan fingerprint density at radius 3 is 2.47 bits per heavy atom. The fraction of sp³-hybridized carbons (Fsp3) is 0.323. The maximum absolute atomic E-state index is 13.4. The molecule has 236 valence electrons. The number of ether oxygens (including phenoxy) is 1. The van der Waals surface area contributed by atoms with Crippen molar-refractivity contribution < 1.29 is 23.5 Å². The van der Waals surface area contributed by atoms with Gasteiger partial charge in [0.2, 0.25) is 23.5 Å². The Labute approximate surface area is 259 Å². The smallest absolute Gasteiger partial charge is 0.295 e. The van der Waals surface area contributed by atoms with E-state index in [1.54, 1.807) is 31.2 Å². The van der Waals surface area contributed by atoms with Crippen molar-refractivity contribution in [3.63, 3.8) is 0 Å². The highest BCUT2D eigenvalue weighted by atomic mass is 16.5. The van der Waals surface area contributed by atoms with Crippen LogP contribution >= 0.6 is 0 Å². The molecular formula is C31H37N9O5. The summed E-state index contributed by atoms with van der Waals surface area (Å²) < 4.78 is 13.0. The number of hydrogen-bond donors (Lipinski definition) is 5. The lowest BCUT2D eigenvalue weighted by atomic mass is 10.1. The minimum absolute atomic E-state index is 0.125. The van der Waals surface area contributed by atoms with Crippen LogP contribution < -0.4 is 27.8 Å². The molecule has 2 aromatic carbocycles. The van der Waals surface area contributed by atoms with Gasteiger partial charge in [-0.2, -0.15) is 0 Å². The van der Waals surface area contributed by atoms with Gasteiger partial charge < -0.3 is 36.2 Å². The number of allylic oxidation sites excluding steroid dienone is 1. The van der Waals surface area contributed by atoms with E-state index in [0.717, 1.165) is 24.2 Å². The van der Waals surface area contributed by atoms with E-state index in [9.17, 15) is 14.4 Å². The highest BCUT2D eigenvalue weighted by molar-refractivity contribution is 6.03. The third-order valence-electron chi connectivity index (χ3n) is 7.47. The quantitative estimate of drug-likeness (QED) is 0.116. The van der Waals surface area contributed by atoms with Crippen LogP contribution in [0.5, 0.6) is 0 Å². The van der Waals surface area contributed by atoms with Gasteiger partial charge in [0.25, 0.3) is 5.91 Å². The second kappa shape index (κ2) is 13.6. The molecule has 1 saturated heterocycles. The van der Waals surface area contributed by atoms with Gasteiger partial charge in [-0.25, -0.2) is 9.97 Å². The van der Waals surface area contributed by atoms with Crippen LogP contribution in [0.4, 0.5) is 17.3 Å². The van der Waals surface area contributed by atoms with Crippen LogP contribution in [0.1, 0.15) is 55.3 Å². The van der Waals surface area contributed by atoms with E-state index in [0.29, 0.717) is 78.9 Å². The van der Waals surface area contributed by atoms with Gasteiger partial charge in [-0.15, -0.1) is 0 Å². The normalized spacial score (nSPS) is 13.8. The maximum atomic E-state index is 13.4. The lowest BCUT2D eigenvalue weighted by Gasteiger charge is -2.27. The molecule has 4 aromatic rings. The maximum Gasteiger partial charge on any atom is 0.295 e. The fourth-order valence-electron chi connectivity index (χ4n) is 5.25. The number of carbonyl (C=O) groups is 3. The zero-order valence-electron chi connectivity index (χ0n) is 25.3. The number of nitrogens with two attached hydrogens (primary N) is 3. The molecule has 0 radical (unpaired) electrons. The Morgan fingerprint density at radius 1 is 1.02 bits per heavy atom. The first-order valence-electron chi connectivity index (χ1n) is 14.6. The summed E-state index contributed by atoms with van der Waals surface area (Å²) in [6.07, 6.45) is 4.36. The number of anilines is 3. The van der Waals surface area contributed by atoms with Gasteiger partial charge in [-0.1, -0.05) is 19.1 Å². The minimum atomic E-state index is -0.570. The first-order valence-corrected chi connectivity index (χ1v) is 14.6. The first kappa shape index (κ1) is 31.2. The number of nitrogens with one attached hydrogen (secondary N) is 2. The van der Waals surface area contributed by atoms with Crippen molar-refractivity contribution in [2.24, 2.45) is 11.5 Å². The Kier molecular flexibility index (Phi) is 9.45. The number of fused-ring (bicyclic) bond motifs is 1. The van der Waals surface area contributed by atoms with Crippen molar-refractivity contribution >= 4 is 46.1 Å². The predicted molar refractivity (Wildman–Crippen MR) is 170 cm³/mol. The number of oxazole rings is 1. The van der Waals surface area contributed by atoms with Crippen molar-refractivity contribution in [2.45, 2.75) is 33.4 Å². The average Bonchev–Trinajstić information content (AvgIpc) is 3.57. The number of morpholine rings is 1. The molecule has 8 N–H and O–H groups in total. The molecular weight excluding hydrogens is 578 g/mol. The van der Waals surface area contributed by atoms with E-state index in [4.69, 9.17) is 31.3 Å². The number of rotatable bonds is 12. The third kappa shape index (κ3) is 7.13. The number of nitrogens with zero attached hydrogens (tertiary/aromatic N) is 4.